The van der Waals surface area contributed by atoms with E-state index in [9.17, 15) is 9.59 Å². The highest BCUT2D eigenvalue weighted by molar-refractivity contribution is 6.08. The molecule has 0 aliphatic heterocycles. The van der Waals surface area contributed by atoms with Crippen molar-refractivity contribution in [1.29, 1.82) is 0 Å². The summed E-state index contributed by atoms with van der Waals surface area (Å²) in [5.41, 5.74) is 3.40. The summed E-state index contributed by atoms with van der Waals surface area (Å²) in [5.74, 6) is -0.0997. The number of hydrogen-bond donors (Lipinski definition) is 1. The lowest BCUT2D eigenvalue weighted by Gasteiger charge is -2.19. The molecule has 0 aliphatic carbocycles. The van der Waals surface area contributed by atoms with Crippen molar-refractivity contribution >= 4 is 27.7 Å². The second-order valence-corrected chi connectivity index (χ2v) is 7.29. The standard InChI is InChI=1S/C23H24N4O2/c1-4-19(22(28)24-13-16-10-6-5-9-15(16)2)27-20-12-8-7-11-17(20)18-14-25-26(3)23(29)21(18)27/h5-12,14,19H,4,13H2,1-3H3,(H,24,28)/t19-/m1/s1. The van der Waals surface area contributed by atoms with E-state index in [2.05, 4.69) is 10.4 Å². The molecule has 0 bridgehead atoms. The third-order valence-corrected chi connectivity index (χ3v) is 5.52. The van der Waals surface area contributed by atoms with Crippen LogP contribution < -0.4 is 10.9 Å². The summed E-state index contributed by atoms with van der Waals surface area (Å²) in [4.78, 5) is 26.1. The van der Waals surface area contributed by atoms with E-state index in [4.69, 9.17) is 0 Å². The molecule has 1 N–H and O–H groups in total. The number of carbonyl (C=O) groups excluding carboxylic acids is 1. The number of para-hydroxylation sites is 1. The SMILES string of the molecule is CC[C@H](C(=O)NCc1ccccc1C)n1c2ccccc2c2cnn(C)c(=O)c21. The van der Waals surface area contributed by atoms with Gasteiger partial charge in [-0.2, -0.15) is 5.10 Å². The van der Waals surface area contributed by atoms with Crippen molar-refractivity contribution in [2.75, 3.05) is 0 Å². The van der Waals surface area contributed by atoms with Crippen molar-refractivity contribution in [2.45, 2.75) is 32.9 Å². The van der Waals surface area contributed by atoms with Crippen molar-refractivity contribution in [3.05, 3.63) is 76.2 Å². The van der Waals surface area contributed by atoms with Gasteiger partial charge in [-0.05, 0) is 30.5 Å². The van der Waals surface area contributed by atoms with Gasteiger partial charge in [-0.15, -0.1) is 0 Å². The van der Waals surface area contributed by atoms with E-state index in [1.54, 1.807) is 13.2 Å². The Hall–Kier alpha value is -3.41. The lowest BCUT2D eigenvalue weighted by molar-refractivity contribution is -0.124. The Morgan fingerprint density at radius 3 is 2.59 bits per heavy atom. The third-order valence-electron chi connectivity index (χ3n) is 5.52. The monoisotopic (exact) mass is 388 g/mol. The van der Waals surface area contributed by atoms with Gasteiger partial charge < -0.3 is 9.88 Å². The molecule has 0 unspecified atom stereocenters. The van der Waals surface area contributed by atoms with Crippen LogP contribution in [0.3, 0.4) is 0 Å². The van der Waals surface area contributed by atoms with Crippen LogP contribution in [0.4, 0.5) is 0 Å². The minimum absolute atomic E-state index is 0.0997. The molecule has 2 heterocycles. The maximum Gasteiger partial charge on any atom is 0.291 e. The predicted octanol–water partition coefficient (Wildman–Crippen LogP) is 3.46. The van der Waals surface area contributed by atoms with Gasteiger partial charge in [-0.25, -0.2) is 4.68 Å². The number of nitrogens with one attached hydrogen (secondary N) is 1. The fourth-order valence-electron chi connectivity index (χ4n) is 3.91. The molecule has 4 aromatic rings. The number of carbonyl (C=O) groups is 1. The summed E-state index contributed by atoms with van der Waals surface area (Å²) < 4.78 is 3.19. The number of aromatic nitrogens is 3. The molecule has 0 radical (unpaired) electrons. The zero-order valence-electron chi connectivity index (χ0n) is 16.8. The second-order valence-electron chi connectivity index (χ2n) is 7.29. The summed E-state index contributed by atoms with van der Waals surface area (Å²) in [6.45, 7) is 4.45. The largest absolute Gasteiger partial charge is 0.350 e. The van der Waals surface area contributed by atoms with Crippen molar-refractivity contribution in [2.24, 2.45) is 7.05 Å². The van der Waals surface area contributed by atoms with Gasteiger partial charge >= 0.3 is 0 Å². The Morgan fingerprint density at radius 1 is 1.10 bits per heavy atom. The number of amides is 1. The van der Waals surface area contributed by atoms with Gasteiger partial charge in [0, 0.05) is 24.4 Å². The van der Waals surface area contributed by atoms with Crippen LogP contribution in [0.1, 0.15) is 30.5 Å². The molecule has 1 amide bonds. The zero-order chi connectivity index (χ0) is 20.5. The fraction of sp³-hybridized carbons (Fsp3) is 0.261. The first kappa shape index (κ1) is 18.9. The number of fused-ring (bicyclic) bond motifs is 3. The summed E-state index contributed by atoms with van der Waals surface area (Å²) in [6.07, 6.45) is 2.27. The Labute approximate surface area is 168 Å². The molecule has 6 heteroatoms. The number of aryl methyl sites for hydroxylation is 2. The number of rotatable bonds is 5. The summed E-state index contributed by atoms with van der Waals surface area (Å²) in [5, 5.41) is 8.94. The molecule has 0 saturated heterocycles. The highest BCUT2D eigenvalue weighted by Crippen LogP contribution is 2.30. The first-order valence-corrected chi connectivity index (χ1v) is 9.80. The van der Waals surface area contributed by atoms with E-state index >= 15 is 0 Å². The van der Waals surface area contributed by atoms with E-state index in [1.165, 1.54) is 4.68 Å². The van der Waals surface area contributed by atoms with Crippen LogP contribution in [0.5, 0.6) is 0 Å². The summed E-state index contributed by atoms with van der Waals surface area (Å²) in [7, 11) is 1.63. The van der Waals surface area contributed by atoms with Gasteiger partial charge in [-0.3, -0.25) is 9.59 Å². The van der Waals surface area contributed by atoms with Gasteiger partial charge in [0.1, 0.15) is 11.6 Å². The lowest BCUT2D eigenvalue weighted by Crippen LogP contribution is -2.33. The molecule has 2 aromatic heterocycles. The Bertz CT molecular complexity index is 1270. The van der Waals surface area contributed by atoms with E-state index in [0.29, 0.717) is 18.5 Å². The predicted molar refractivity (Wildman–Crippen MR) is 115 cm³/mol. The van der Waals surface area contributed by atoms with Crippen molar-refractivity contribution < 1.29 is 4.79 Å². The van der Waals surface area contributed by atoms with Gasteiger partial charge in [0.15, 0.2) is 0 Å². The van der Waals surface area contributed by atoms with Crippen LogP contribution in [0, 0.1) is 6.92 Å². The van der Waals surface area contributed by atoms with Crippen molar-refractivity contribution in [3.63, 3.8) is 0 Å². The fourth-order valence-corrected chi connectivity index (χ4v) is 3.91. The third kappa shape index (κ3) is 3.20. The maximum atomic E-state index is 13.2. The lowest BCUT2D eigenvalue weighted by atomic mass is 10.1. The highest BCUT2D eigenvalue weighted by atomic mass is 16.2. The molecular formula is C23H24N4O2. The molecule has 0 fully saturated rings. The maximum absolute atomic E-state index is 13.2. The first-order chi connectivity index (χ1) is 14.0. The van der Waals surface area contributed by atoms with Crippen LogP contribution in [0.15, 0.2) is 59.5 Å². The Kier molecular flexibility index (Phi) is 4.92. The van der Waals surface area contributed by atoms with E-state index in [1.807, 2.05) is 66.9 Å². The van der Waals surface area contributed by atoms with Crippen LogP contribution in [0.25, 0.3) is 21.8 Å². The van der Waals surface area contributed by atoms with Gasteiger partial charge in [0.05, 0.1) is 11.7 Å². The van der Waals surface area contributed by atoms with Crippen LogP contribution in [-0.2, 0) is 18.4 Å². The zero-order valence-corrected chi connectivity index (χ0v) is 16.8. The summed E-state index contributed by atoms with van der Waals surface area (Å²) in [6, 6.07) is 15.3. The van der Waals surface area contributed by atoms with E-state index in [-0.39, 0.29) is 11.5 Å². The molecule has 148 valence electrons. The highest BCUT2D eigenvalue weighted by Gasteiger charge is 2.25. The van der Waals surface area contributed by atoms with Crippen LogP contribution in [0.2, 0.25) is 0 Å². The summed E-state index contributed by atoms with van der Waals surface area (Å²) >= 11 is 0. The number of hydrogen-bond acceptors (Lipinski definition) is 3. The number of benzene rings is 2. The van der Waals surface area contributed by atoms with E-state index in [0.717, 1.165) is 27.4 Å². The van der Waals surface area contributed by atoms with Gasteiger partial charge in [0.25, 0.3) is 5.56 Å². The topological polar surface area (TPSA) is 68.9 Å². The minimum Gasteiger partial charge on any atom is -0.350 e. The van der Waals surface area contributed by atoms with Crippen LogP contribution in [-0.4, -0.2) is 20.3 Å². The molecule has 0 spiro atoms. The molecule has 4 rings (SSSR count). The van der Waals surface area contributed by atoms with Gasteiger partial charge in [-0.1, -0.05) is 49.4 Å². The van der Waals surface area contributed by atoms with Crippen molar-refractivity contribution in [3.8, 4) is 0 Å². The Morgan fingerprint density at radius 2 is 1.83 bits per heavy atom. The molecular weight excluding hydrogens is 364 g/mol. The molecule has 1 atom stereocenters. The molecule has 0 saturated carbocycles. The van der Waals surface area contributed by atoms with Crippen LogP contribution >= 0.6 is 0 Å². The average Bonchev–Trinajstić information content (AvgIpc) is 3.06. The molecule has 2 aromatic carbocycles. The van der Waals surface area contributed by atoms with E-state index < -0.39 is 6.04 Å². The smallest absolute Gasteiger partial charge is 0.291 e. The second kappa shape index (κ2) is 7.54. The molecule has 0 aliphatic rings. The quantitative estimate of drug-likeness (QED) is 0.569. The molecule has 29 heavy (non-hydrogen) atoms. The minimum atomic E-state index is -0.489. The first-order valence-electron chi connectivity index (χ1n) is 9.80. The van der Waals surface area contributed by atoms with Gasteiger partial charge in [0.2, 0.25) is 5.91 Å². The average molecular weight is 388 g/mol. The van der Waals surface area contributed by atoms with Crippen molar-refractivity contribution in [1.82, 2.24) is 19.7 Å². The number of nitrogens with zero attached hydrogens (tertiary/aromatic N) is 3. The Balaban J connectivity index is 1.80. The molecule has 6 nitrogen and oxygen atoms in total. The normalized spacial score (nSPS) is 12.4.